The van der Waals surface area contributed by atoms with Crippen molar-refractivity contribution in [2.75, 3.05) is 10.6 Å². The standard InChI is InChI=1S/C20H21F3N2O3/c1-12(2)14-8-4-7-11-17(14)28-13(3)18(26)24-15-9-5-6-10-16(15)25-19(27)20(21,22)23/h4-13H,1-3H3,(H,24,26)(H,25,27). The summed E-state index contributed by atoms with van der Waals surface area (Å²) in [6.45, 7) is 5.52. The predicted octanol–water partition coefficient (Wildman–Crippen LogP) is 4.72. The van der Waals surface area contributed by atoms with E-state index >= 15 is 0 Å². The summed E-state index contributed by atoms with van der Waals surface area (Å²) in [6.07, 6.45) is -5.94. The van der Waals surface area contributed by atoms with Gasteiger partial charge in [-0.15, -0.1) is 0 Å². The first-order chi connectivity index (χ1) is 13.1. The third-order valence-corrected chi connectivity index (χ3v) is 3.90. The van der Waals surface area contributed by atoms with E-state index < -0.39 is 24.1 Å². The molecular weight excluding hydrogens is 373 g/mol. The lowest BCUT2D eigenvalue weighted by Gasteiger charge is -2.19. The maximum atomic E-state index is 12.5. The van der Waals surface area contributed by atoms with E-state index in [-0.39, 0.29) is 17.3 Å². The molecule has 5 nitrogen and oxygen atoms in total. The van der Waals surface area contributed by atoms with Gasteiger partial charge in [0.25, 0.3) is 5.91 Å². The molecule has 0 saturated carbocycles. The van der Waals surface area contributed by atoms with Gasteiger partial charge < -0.3 is 15.4 Å². The van der Waals surface area contributed by atoms with E-state index in [1.807, 2.05) is 26.0 Å². The fraction of sp³-hybridized carbons (Fsp3) is 0.300. The largest absolute Gasteiger partial charge is 0.481 e. The molecule has 1 unspecified atom stereocenters. The average Bonchev–Trinajstić information content (AvgIpc) is 2.62. The number of hydrogen-bond donors (Lipinski definition) is 2. The van der Waals surface area contributed by atoms with Crippen molar-refractivity contribution in [3.63, 3.8) is 0 Å². The van der Waals surface area contributed by atoms with Crippen molar-refractivity contribution in [2.24, 2.45) is 0 Å². The second kappa shape index (κ2) is 8.77. The van der Waals surface area contributed by atoms with Gasteiger partial charge in [0.1, 0.15) is 5.75 Å². The zero-order valence-electron chi connectivity index (χ0n) is 15.6. The molecule has 0 saturated heterocycles. The smallest absolute Gasteiger partial charge is 0.471 e. The van der Waals surface area contributed by atoms with Crippen LogP contribution in [-0.2, 0) is 9.59 Å². The lowest BCUT2D eigenvalue weighted by atomic mass is 10.0. The molecule has 8 heteroatoms. The third-order valence-electron chi connectivity index (χ3n) is 3.90. The van der Waals surface area contributed by atoms with E-state index in [1.165, 1.54) is 31.2 Å². The molecule has 0 heterocycles. The van der Waals surface area contributed by atoms with Crippen molar-refractivity contribution in [1.29, 1.82) is 0 Å². The molecule has 0 spiro atoms. The Hall–Kier alpha value is -3.03. The van der Waals surface area contributed by atoms with Gasteiger partial charge in [0.2, 0.25) is 0 Å². The van der Waals surface area contributed by atoms with E-state index in [2.05, 4.69) is 5.32 Å². The first-order valence-corrected chi connectivity index (χ1v) is 8.63. The van der Waals surface area contributed by atoms with Crippen molar-refractivity contribution in [3.8, 4) is 5.75 Å². The molecule has 0 radical (unpaired) electrons. The molecule has 2 N–H and O–H groups in total. The molecule has 0 aliphatic carbocycles. The maximum Gasteiger partial charge on any atom is 0.471 e. The van der Waals surface area contributed by atoms with Gasteiger partial charge in [-0.25, -0.2) is 0 Å². The fourth-order valence-corrected chi connectivity index (χ4v) is 2.44. The minimum absolute atomic E-state index is 0.0395. The van der Waals surface area contributed by atoms with Crippen molar-refractivity contribution < 1.29 is 27.5 Å². The van der Waals surface area contributed by atoms with Crippen LogP contribution < -0.4 is 15.4 Å². The van der Waals surface area contributed by atoms with Gasteiger partial charge in [0, 0.05) is 0 Å². The third kappa shape index (κ3) is 5.48. The Labute approximate surface area is 160 Å². The van der Waals surface area contributed by atoms with Gasteiger partial charge in [-0.3, -0.25) is 9.59 Å². The van der Waals surface area contributed by atoms with Crippen LogP contribution in [0.2, 0.25) is 0 Å². The molecule has 2 aromatic rings. The Morgan fingerprint density at radius 1 is 0.893 bits per heavy atom. The molecule has 28 heavy (non-hydrogen) atoms. The molecule has 0 bridgehead atoms. The second-order valence-electron chi connectivity index (χ2n) is 6.44. The number of halogens is 3. The van der Waals surface area contributed by atoms with E-state index in [0.717, 1.165) is 5.56 Å². The van der Waals surface area contributed by atoms with Crippen molar-refractivity contribution in [3.05, 3.63) is 54.1 Å². The number of carbonyl (C=O) groups excluding carboxylic acids is 2. The summed E-state index contributed by atoms with van der Waals surface area (Å²) in [4.78, 5) is 23.6. The number of ether oxygens (including phenoxy) is 1. The first-order valence-electron chi connectivity index (χ1n) is 8.63. The topological polar surface area (TPSA) is 67.4 Å². The fourth-order valence-electron chi connectivity index (χ4n) is 2.44. The van der Waals surface area contributed by atoms with Gasteiger partial charge >= 0.3 is 12.1 Å². The minimum atomic E-state index is -5.03. The van der Waals surface area contributed by atoms with E-state index in [4.69, 9.17) is 4.74 Å². The van der Waals surface area contributed by atoms with Crippen LogP contribution in [0, 0.1) is 0 Å². The molecule has 2 rings (SSSR count). The molecule has 0 aromatic heterocycles. The molecule has 1 atom stereocenters. The van der Waals surface area contributed by atoms with Gasteiger partial charge in [-0.05, 0) is 36.6 Å². The first kappa shape index (κ1) is 21.3. The average molecular weight is 394 g/mol. The quantitative estimate of drug-likeness (QED) is 0.745. The highest BCUT2D eigenvalue weighted by Gasteiger charge is 2.39. The summed E-state index contributed by atoms with van der Waals surface area (Å²) < 4.78 is 43.2. The summed E-state index contributed by atoms with van der Waals surface area (Å²) >= 11 is 0. The van der Waals surface area contributed by atoms with Gasteiger partial charge in [0.05, 0.1) is 11.4 Å². The molecule has 150 valence electrons. The number of para-hydroxylation sites is 3. The van der Waals surface area contributed by atoms with Crippen LogP contribution in [0.4, 0.5) is 24.5 Å². The van der Waals surface area contributed by atoms with Crippen LogP contribution in [0.1, 0.15) is 32.3 Å². The highest BCUT2D eigenvalue weighted by molar-refractivity contribution is 6.02. The zero-order valence-corrected chi connectivity index (χ0v) is 15.6. The maximum absolute atomic E-state index is 12.5. The van der Waals surface area contributed by atoms with Gasteiger partial charge in [0.15, 0.2) is 6.10 Å². The summed E-state index contributed by atoms with van der Waals surface area (Å²) in [6, 6.07) is 12.9. The highest BCUT2D eigenvalue weighted by Crippen LogP contribution is 2.28. The van der Waals surface area contributed by atoms with E-state index in [9.17, 15) is 22.8 Å². The van der Waals surface area contributed by atoms with Crippen molar-refractivity contribution >= 4 is 23.2 Å². The Bertz CT molecular complexity index is 851. The Balaban J connectivity index is 2.12. The number of rotatable bonds is 6. The summed E-state index contributed by atoms with van der Waals surface area (Å²) in [7, 11) is 0. The van der Waals surface area contributed by atoms with Crippen LogP contribution in [0.3, 0.4) is 0 Å². The van der Waals surface area contributed by atoms with Gasteiger partial charge in [-0.1, -0.05) is 44.2 Å². The van der Waals surface area contributed by atoms with Gasteiger partial charge in [-0.2, -0.15) is 13.2 Å². The molecule has 2 aromatic carbocycles. The monoisotopic (exact) mass is 394 g/mol. The molecular formula is C20H21F3N2O3. The SMILES string of the molecule is CC(Oc1ccccc1C(C)C)C(=O)Nc1ccccc1NC(=O)C(F)(F)F. The van der Waals surface area contributed by atoms with Crippen LogP contribution in [-0.4, -0.2) is 24.1 Å². The highest BCUT2D eigenvalue weighted by atomic mass is 19.4. The Morgan fingerprint density at radius 2 is 1.43 bits per heavy atom. The second-order valence-corrected chi connectivity index (χ2v) is 6.44. The summed E-state index contributed by atoms with van der Waals surface area (Å²) in [5.41, 5.74) is 0.811. The molecule has 0 aliphatic rings. The minimum Gasteiger partial charge on any atom is -0.481 e. The molecule has 2 amide bonds. The van der Waals surface area contributed by atoms with E-state index in [0.29, 0.717) is 5.75 Å². The van der Waals surface area contributed by atoms with Crippen molar-refractivity contribution in [1.82, 2.24) is 0 Å². The Morgan fingerprint density at radius 3 is 2.00 bits per heavy atom. The Kier molecular flexibility index (Phi) is 6.66. The lowest BCUT2D eigenvalue weighted by Crippen LogP contribution is -2.32. The number of anilines is 2. The number of carbonyl (C=O) groups is 2. The van der Waals surface area contributed by atoms with Crippen LogP contribution in [0.15, 0.2) is 48.5 Å². The normalized spacial score (nSPS) is 12.4. The number of nitrogens with one attached hydrogen (secondary N) is 2. The molecule has 0 fully saturated rings. The van der Waals surface area contributed by atoms with Crippen molar-refractivity contribution in [2.45, 2.75) is 39.0 Å². The number of hydrogen-bond acceptors (Lipinski definition) is 3. The molecule has 0 aliphatic heterocycles. The lowest BCUT2D eigenvalue weighted by molar-refractivity contribution is -0.167. The predicted molar refractivity (Wildman–Crippen MR) is 100 cm³/mol. The number of alkyl halides is 3. The van der Waals surface area contributed by atoms with Crippen LogP contribution in [0.5, 0.6) is 5.75 Å². The zero-order chi connectivity index (χ0) is 20.9. The van der Waals surface area contributed by atoms with E-state index in [1.54, 1.807) is 17.4 Å². The summed E-state index contributed by atoms with van der Waals surface area (Å²) in [5.74, 6) is -1.94. The number of benzene rings is 2. The van der Waals surface area contributed by atoms with Crippen LogP contribution >= 0.6 is 0 Å². The van der Waals surface area contributed by atoms with Crippen LogP contribution in [0.25, 0.3) is 0 Å². The summed E-state index contributed by atoms with van der Waals surface area (Å²) in [5, 5.41) is 4.24. The number of amides is 2.